The van der Waals surface area contributed by atoms with Gasteiger partial charge in [0, 0.05) is 37.3 Å². The molecule has 1 N–H and O–H groups in total. The SMILES string of the molecule is COc1ccc([N+](=O)[O-])cc1CN1CC[C@H](O)C1. The number of ether oxygens (including phenoxy) is 1. The van der Waals surface area contributed by atoms with Crippen molar-refractivity contribution in [3.8, 4) is 5.75 Å². The molecular formula is C12H16N2O4. The first-order valence-corrected chi connectivity index (χ1v) is 5.82. The Balaban J connectivity index is 2.18. The van der Waals surface area contributed by atoms with Crippen LogP contribution in [-0.4, -0.2) is 41.2 Å². The normalized spacial score (nSPS) is 20.0. The van der Waals surface area contributed by atoms with Gasteiger partial charge in [0.2, 0.25) is 0 Å². The number of likely N-dealkylation sites (tertiary alicyclic amines) is 1. The lowest BCUT2D eigenvalue weighted by Gasteiger charge is -2.16. The van der Waals surface area contributed by atoms with Gasteiger partial charge in [-0.2, -0.15) is 0 Å². The van der Waals surface area contributed by atoms with Crippen LogP contribution < -0.4 is 4.74 Å². The molecule has 98 valence electrons. The van der Waals surface area contributed by atoms with E-state index in [0.717, 1.165) is 18.5 Å². The van der Waals surface area contributed by atoms with Gasteiger partial charge in [-0.25, -0.2) is 0 Å². The molecule has 2 rings (SSSR count). The molecule has 0 aromatic heterocycles. The number of β-amino-alcohol motifs (C(OH)–C–C–N with tert-alkyl or cyclic N) is 1. The fourth-order valence-electron chi connectivity index (χ4n) is 2.20. The third kappa shape index (κ3) is 2.77. The lowest BCUT2D eigenvalue weighted by molar-refractivity contribution is -0.384. The molecule has 0 bridgehead atoms. The van der Waals surface area contributed by atoms with Crippen molar-refractivity contribution in [3.63, 3.8) is 0 Å². The Bertz CT molecular complexity index is 450. The maximum atomic E-state index is 10.8. The van der Waals surface area contributed by atoms with Crippen molar-refractivity contribution in [1.29, 1.82) is 0 Å². The number of methoxy groups -OCH3 is 1. The number of nitro benzene ring substituents is 1. The average Bonchev–Trinajstić information content (AvgIpc) is 2.74. The summed E-state index contributed by atoms with van der Waals surface area (Å²) in [6, 6.07) is 4.57. The van der Waals surface area contributed by atoms with Gasteiger partial charge in [0.15, 0.2) is 0 Å². The van der Waals surface area contributed by atoms with Gasteiger partial charge in [0.1, 0.15) is 5.75 Å². The summed E-state index contributed by atoms with van der Waals surface area (Å²) in [5.74, 6) is 0.641. The summed E-state index contributed by atoms with van der Waals surface area (Å²) >= 11 is 0. The van der Waals surface area contributed by atoms with E-state index < -0.39 is 4.92 Å². The van der Waals surface area contributed by atoms with Crippen LogP contribution in [0.2, 0.25) is 0 Å². The van der Waals surface area contributed by atoms with E-state index in [1.807, 2.05) is 0 Å². The third-order valence-corrected chi connectivity index (χ3v) is 3.12. The van der Waals surface area contributed by atoms with Gasteiger partial charge in [0.25, 0.3) is 5.69 Å². The highest BCUT2D eigenvalue weighted by Crippen LogP contribution is 2.26. The number of non-ortho nitro benzene ring substituents is 1. The fraction of sp³-hybridized carbons (Fsp3) is 0.500. The summed E-state index contributed by atoms with van der Waals surface area (Å²) in [7, 11) is 1.55. The number of aliphatic hydroxyl groups is 1. The highest BCUT2D eigenvalue weighted by molar-refractivity contribution is 5.43. The number of hydrogen-bond acceptors (Lipinski definition) is 5. The van der Waals surface area contributed by atoms with Crippen molar-refractivity contribution in [1.82, 2.24) is 4.90 Å². The van der Waals surface area contributed by atoms with Crippen LogP contribution in [0.4, 0.5) is 5.69 Å². The van der Waals surface area contributed by atoms with Crippen LogP contribution in [0.15, 0.2) is 18.2 Å². The number of hydrogen-bond donors (Lipinski definition) is 1. The zero-order valence-electron chi connectivity index (χ0n) is 10.2. The lowest BCUT2D eigenvalue weighted by atomic mass is 10.1. The van der Waals surface area contributed by atoms with Crippen LogP contribution in [-0.2, 0) is 6.54 Å². The fourth-order valence-corrected chi connectivity index (χ4v) is 2.20. The van der Waals surface area contributed by atoms with Gasteiger partial charge in [-0.15, -0.1) is 0 Å². The summed E-state index contributed by atoms with van der Waals surface area (Å²) in [5.41, 5.74) is 0.839. The Morgan fingerprint density at radius 1 is 1.61 bits per heavy atom. The first kappa shape index (κ1) is 12.8. The highest BCUT2D eigenvalue weighted by Gasteiger charge is 2.22. The first-order chi connectivity index (χ1) is 8.60. The van der Waals surface area contributed by atoms with E-state index in [9.17, 15) is 15.2 Å². The van der Waals surface area contributed by atoms with Crippen molar-refractivity contribution < 1.29 is 14.8 Å². The van der Waals surface area contributed by atoms with Crippen molar-refractivity contribution >= 4 is 5.69 Å². The van der Waals surface area contributed by atoms with E-state index >= 15 is 0 Å². The van der Waals surface area contributed by atoms with Gasteiger partial charge in [-0.05, 0) is 12.5 Å². The Morgan fingerprint density at radius 3 is 2.94 bits per heavy atom. The Labute approximate surface area is 105 Å². The molecule has 18 heavy (non-hydrogen) atoms. The second-order valence-corrected chi connectivity index (χ2v) is 4.43. The standard InChI is InChI=1S/C12H16N2O4/c1-18-12-3-2-10(14(16)17)6-9(12)7-13-5-4-11(15)8-13/h2-3,6,11,15H,4-5,7-8H2,1H3/t11-/m0/s1. The molecule has 6 heteroatoms. The molecule has 1 aromatic rings. The molecule has 0 spiro atoms. The highest BCUT2D eigenvalue weighted by atomic mass is 16.6. The van der Waals surface area contributed by atoms with Crippen LogP contribution in [0.25, 0.3) is 0 Å². The first-order valence-electron chi connectivity index (χ1n) is 5.82. The summed E-state index contributed by atoms with van der Waals surface area (Å²) in [6.45, 7) is 1.96. The number of nitrogens with zero attached hydrogens (tertiary/aromatic N) is 2. The Hall–Kier alpha value is -1.66. The molecule has 1 fully saturated rings. The van der Waals surface area contributed by atoms with E-state index in [-0.39, 0.29) is 11.8 Å². The molecule has 1 atom stereocenters. The molecule has 1 saturated heterocycles. The molecule has 0 amide bonds. The maximum Gasteiger partial charge on any atom is 0.270 e. The van der Waals surface area contributed by atoms with Crippen LogP contribution in [0, 0.1) is 10.1 Å². The van der Waals surface area contributed by atoms with Crippen LogP contribution in [0.3, 0.4) is 0 Å². The molecule has 1 aromatic carbocycles. The Morgan fingerprint density at radius 2 is 2.39 bits per heavy atom. The predicted octanol–water partition coefficient (Wildman–Crippen LogP) is 1.17. The molecule has 0 unspecified atom stereocenters. The molecule has 6 nitrogen and oxygen atoms in total. The largest absolute Gasteiger partial charge is 0.496 e. The minimum Gasteiger partial charge on any atom is -0.496 e. The van der Waals surface area contributed by atoms with E-state index in [1.54, 1.807) is 13.2 Å². The lowest BCUT2D eigenvalue weighted by Crippen LogP contribution is -2.21. The number of nitro groups is 1. The number of rotatable bonds is 4. The predicted molar refractivity (Wildman–Crippen MR) is 65.5 cm³/mol. The quantitative estimate of drug-likeness (QED) is 0.643. The summed E-state index contributed by atoms with van der Waals surface area (Å²) in [4.78, 5) is 12.4. The molecule has 1 heterocycles. The number of benzene rings is 1. The molecule has 1 aliphatic rings. The second-order valence-electron chi connectivity index (χ2n) is 4.43. The van der Waals surface area contributed by atoms with Gasteiger partial charge in [-0.1, -0.05) is 0 Å². The van der Waals surface area contributed by atoms with E-state index in [0.29, 0.717) is 18.8 Å². The molecule has 0 radical (unpaired) electrons. The van der Waals surface area contributed by atoms with E-state index in [2.05, 4.69) is 4.90 Å². The molecular weight excluding hydrogens is 236 g/mol. The van der Waals surface area contributed by atoms with Gasteiger partial charge >= 0.3 is 0 Å². The molecule has 0 saturated carbocycles. The van der Waals surface area contributed by atoms with Gasteiger partial charge in [0.05, 0.1) is 18.1 Å². The average molecular weight is 252 g/mol. The molecule has 0 aliphatic carbocycles. The van der Waals surface area contributed by atoms with Crippen LogP contribution in [0.5, 0.6) is 5.75 Å². The molecule has 1 aliphatic heterocycles. The smallest absolute Gasteiger partial charge is 0.270 e. The summed E-state index contributed by atoms with van der Waals surface area (Å²) in [5, 5.41) is 20.2. The minimum absolute atomic E-state index is 0.0607. The van der Waals surface area contributed by atoms with E-state index in [1.165, 1.54) is 12.1 Å². The van der Waals surface area contributed by atoms with Gasteiger partial charge in [-0.3, -0.25) is 15.0 Å². The third-order valence-electron chi connectivity index (χ3n) is 3.12. The summed E-state index contributed by atoms with van der Waals surface area (Å²) in [6.07, 6.45) is 0.451. The van der Waals surface area contributed by atoms with Gasteiger partial charge < -0.3 is 9.84 Å². The second kappa shape index (κ2) is 5.32. The van der Waals surface area contributed by atoms with Crippen molar-refractivity contribution in [2.45, 2.75) is 19.1 Å². The minimum atomic E-state index is -0.415. The monoisotopic (exact) mass is 252 g/mol. The van der Waals surface area contributed by atoms with Crippen LogP contribution in [0.1, 0.15) is 12.0 Å². The summed E-state index contributed by atoms with van der Waals surface area (Å²) < 4.78 is 5.21. The topological polar surface area (TPSA) is 75.8 Å². The Kier molecular flexibility index (Phi) is 3.78. The van der Waals surface area contributed by atoms with E-state index in [4.69, 9.17) is 4.74 Å². The van der Waals surface area contributed by atoms with Crippen molar-refractivity contribution in [3.05, 3.63) is 33.9 Å². The number of aliphatic hydroxyl groups excluding tert-OH is 1. The van der Waals surface area contributed by atoms with Crippen molar-refractivity contribution in [2.24, 2.45) is 0 Å². The van der Waals surface area contributed by atoms with Crippen molar-refractivity contribution in [2.75, 3.05) is 20.2 Å². The van der Waals surface area contributed by atoms with Crippen LogP contribution >= 0.6 is 0 Å². The zero-order valence-corrected chi connectivity index (χ0v) is 10.2. The zero-order chi connectivity index (χ0) is 13.1. The maximum absolute atomic E-state index is 10.8.